The van der Waals surface area contributed by atoms with Crippen molar-refractivity contribution < 1.29 is 4.79 Å². The van der Waals surface area contributed by atoms with E-state index in [0.29, 0.717) is 6.54 Å². The first kappa shape index (κ1) is 9.75. The highest BCUT2D eigenvalue weighted by molar-refractivity contribution is 9.09. The summed E-state index contributed by atoms with van der Waals surface area (Å²) in [6.07, 6.45) is 0.969. The molecule has 0 aliphatic carbocycles. The summed E-state index contributed by atoms with van der Waals surface area (Å²) in [4.78, 5) is 10.7. The van der Waals surface area contributed by atoms with Crippen molar-refractivity contribution in [2.45, 2.75) is 13.3 Å². The van der Waals surface area contributed by atoms with Gasteiger partial charge in [-0.1, -0.05) is 15.9 Å². The van der Waals surface area contributed by atoms with Crippen molar-refractivity contribution in [1.29, 1.82) is 0 Å². The molecule has 0 aromatic heterocycles. The topological polar surface area (TPSA) is 41.1 Å². The number of amides is 2. The van der Waals surface area contributed by atoms with E-state index < -0.39 is 0 Å². The zero-order valence-electron chi connectivity index (χ0n) is 6.11. The molecule has 0 fully saturated rings. The van der Waals surface area contributed by atoms with Crippen LogP contribution in [0, 0.1) is 0 Å². The fourth-order valence-corrected chi connectivity index (χ4v) is 0.772. The van der Waals surface area contributed by atoms with Crippen molar-refractivity contribution in [2.24, 2.45) is 0 Å². The lowest BCUT2D eigenvalue weighted by Crippen LogP contribution is -2.35. The molecule has 4 heteroatoms. The summed E-state index contributed by atoms with van der Waals surface area (Å²) < 4.78 is 0. The number of urea groups is 1. The molecular formula is C6H13BrN2O. The van der Waals surface area contributed by atoms with Gasteiger partial charge < -0.3 is 10.6 Å². The number of carbonyl (C=O) groups is 1. The van der Waals surface area contributed by atoms with Gasteiger partial charge in [0.25, 0.3) is 0 Å². The molecule has 0 bridgehead atoms. The van der Waals surface area contributed by atoms with Gasteiger partial charge in [0.05, 0.1) is 0 Å². The summed E-state index contributed by atoms with van der Waals surface area (Å²) in [5, 5.41) is 6.27. The molecule has 0 spiro atoms. The van der Waals surface area contributed by atoms with Crippen molar-refractivity contribution in [3.63, 3.8) is 0 Å². The molecule has 3 nitrogen and oxygen atoms in total. The van der Waals surface area contributed by atoms with Crippen LogP contribution in [-0.2, 0) is 0 Å². The van der Waals surface area contributed by atoms with Crippen molar-refractivity contribution in [3.8, 4) is 0 Å². The van der Waals surface area contributed by atoms with Crippen LogP contribution >= 0.6 is 15.9 Å². The second-order valence-electron chi connectivity index (χ2n) is 1.83. The second-order valence-corrected chi connectivity index (χ2v) is 2.62. The number of alkyl halides is 1. The zero-order chi connectivity index (χ0) is 7.82. The number of nitrogens with one attached hydrogen (secondary N) is 2. The number of hydrogen-bond acceptors (Lipinski definition) is 1. The highest BCUT2D eigenvalue weighted by Gasteiger charge is 1.93. The lowest BCUT2D eigenvalue weighted by Gasteiger charge is -2.02. The van der Waals surface area contributed by atoms with Crippen LogP contribution in [0.5, 0.6) is 0 Å². The van der Waals surface area contributed by atoms with Gasteiger partial charge in [0, 0.05) is 18.4 Å². The lowest BCUT2D eigenvalue weighted by atomic mass is 10.5. The van der Waals surface area contributed by atoms with Crippen LogP contribution in [0.3, 0.4) is 0 Å². The maximum Gasteiger partial charge on any atom is 0.314 e. The molecule has 60 valence electrons. The molecule has 0 aromatic carbocycles. The minimum Gasteiger partial charge on any atom is -0.338 e. The normalized spacial score (nSPS) is 9.00. The summed E-state index contributed by atoms with van der Waals surface area (Å²) in [5.41, 5.74) is 0. The number of hydrogen-bond donors (Lipinski definition) is 2. The summed E-state index contributed by atoms with van der Waals surface area (Å²) in [6.45, 7) is 3.31. The molecule has 0 rings (SSSR count). The molecule has 0 aliphatic rings. The molecule has 0 unspecified atom stereocenters. The van der Waals surface area contributed by atoms with Crippen LogP contribution in [-0.4, -0.2) is 24.5 Å². The first-order chi connectivity index (χ1) is 4.81. The first-order valence-corrected chi connectivity index (χ1v) is 4.51. The van der Waals surface area contributed by atoms with Crippen molar-refractivity contribution in [2.75, 3.05) is 18.4 Å². The molecule has 0 radical (unpaired) electrons. The van der Waals surface area contributed by atoms with E-state index in [-0.39, 0.29) is 6.03 Å². The third-order valence-corrected chi connectivity index (χ3v) is 1.49. The third-order valence-electron chi connectivity index (χ3n) is 0.933. The highest BCUT2D eigenvalue weighted by Crippen LogP contribution is 1.83. The van der Waals surface area contributed by atoms with E-state index in [1.807, 2.05) is 6.92 Å². The van der Waals surface area contributed by atoms with E-state index in [4.69, 9.17) is 0 Å². The molecule has 0 aromatic rings. The Bertz CT molecular complexity index is 97.7. The fraction of sp³-hybridized carbons (Fsp3) is 0.833. The quantitative estimate of drug-likeness (QED) is 0.528. The zero-order valence-corrected chi connectivity index (χ0v) is 7.70. The Hall–Kier alpha value is -0.250. The first-order valence-electron chi connectivity index (χ1n) is 3.39. The van der Waals surface area contributed by atoms with Crippen LogP contribution in [0.15, 0.2) is 0 Å². The van der Waals surface area contributed by atoms with Gasteiger partial charge in [-0.15, -0.1) is 0 Å². The van der Waals surface area contributed by atoms with Gasteiger partial charge in [0.1, 0.15) is 0 Å². The smallest absolute Gasteiger partial charge is 0.314 e. The molecule has 0 aliphatic heterocycles. The van der Waals surface area contributed by atoms with Crippen molar-refractivity contribution in [3.05, 3.63) is 0 Å². The predicted molar refractivity (Wildman–Crippen MR) is 45.5 cm³/mol. The predicted octanol–water partition coefficient (Wildman–Crippen LogP) is 1.09. The van der Waals surface area contributed by atoms with E-state index in [0.717, 1.165) is 18.3 Å². The molecule has 10 heavy (non-hydrogen) atoms. The van der Waals surface area contributed by atoms with Crippen LogP contribution in [0.1, 0.15) is 13.3 Å². The van der Waals surface area contributed by atoms with Gasteiger partial charge in [0.15, 0.2) is 0 Å². The van der Waals surface area contributed by atoms with Crippen LogP contribution in [0.2, 0.25) is 0 Å². The van der Waals surface area contributed by atoms with Gasteiger partial charge in [0.2, 0.25) is 0 Å². The van der Waals surface area contributed by atoms with Gasteiger partial charge in [-0.05, 0) is 13.3 Å². The standard InChI is InChI=1S/C6H13BrN2O/c1-2-8-6(10)9-5-3-4-7/h2-5H2,1H3,(H2,8,9,10). The van der Waals surface area contributed by atoms with E-state index in [2.05, 4.69) is 26.6 Å². The average molecular weight is 209 g/mol. The lowest BCUT2D eigenvalue weighted by molar-refractivity contribution is 0.241. The molecule has 0 heterocycles. The third kappa shape index (κ3) is 5.88. The molecular weight excluding hydrogens is 196 g/mol. The number of rotatable bonds is 4. The monoisotopic (exact) mass is 208 g/mol. The maximum absolute atomic E-state index is 10.7. The maximum atomic E-state index is 10.7. The van der Waals surface area contributed by atoms with Crippen molar-refractivity contribution in [1.82, 2.24) is 10.6 Å². The minimum atomic E-state index is -0.0801. The Morgan fingerprint density at radius 3 is 2.70 bits per heavy atom. The molecule has 0 saturated heterocycles. The van der Waals surface area contributed by atoms with E-state index in [1.54, 1.807) is 0 Å². The van der Waals surface area contributed by atoms with E-state index in [1.165, 1.54) is 0 Å². The molecule has 0 atom stereocenters. The SMILES string of the molecule is CCNC(=O)NCCCBr. The highest BCUT2D eigenvalue weighted by atomic mass is 79.9. The summed E-state index contributed by atoms with van der Waals surface area (Å²) in [6, 6.07) is -0.0801. The molecule has 0 saturated carbocycles. The Morgan fingerprint density at radius 2 is 2.20 bits per heavy atom. The summed E-state index contributed by atoms with van der Waals surface area (Å²) in [7, 11) is 0. The van der Waals surface area contributed by atoms with Gasteiger partial charge in [-0.3, -0.25) is 0 Å². The van der Waals surface area contributed by atoms with Gasteiger partial charge in [-0.25, -0.2) is 4.79 Å². The number of carbonyl (C=O) groups excluding carboxylic acids is 1. The number of halogens is 1. The largest absolute Gasteiger partial charge is 0.338 e. The summed E-state index contributed by atoms with van der Waals surface area (Å²) >= 11 is 3.27. The Morgan fingerprint density at radius 1 is 1.50 bits per heavy atom. The van der Waals surface area contributed by atoms with E-state index >= 15 is 0 Å². The van der Waals surface area contributed by atoms with Gasteiger partial charge >= 0.3 is 6.03 Å². The van der Waals surface area contributed by atoms with Crippen LogP contribution in [0.25, 0.3) is 0 Å². The Kier molecular flexibility index (Phi) is 6.69. The van der Waals surface area contributed by atoms with E-state index in [9.17, 15) is 4.79 Å². The Balaban J connectivity index is 3.05. The molecule has 2 amide bonds. The fourth-order valence-electron chi connectivity index (χ4n) is 0.492. The van der Waals surface area contributed by atoms with Crippen LogP contribution in [0.4, 0.5) is 4.79 Å². The van der Waals surface area contributed by atoms with Crippen LogP contribution < -0.4 is 10.6 Å². The Labute approximate surface area is 69.7 Å². The minimum absolute atomic E-state index is 0.0801. The molecule has 2 N–H and O–H groups in total. The average Bonchev–Trinajstić information content (AvgIpc) is 1.89. The van der Waals surface area contributed by atoms with Crippen molar-refractivity contribution >= 4 is 22.0 Å². The van der Waals surface area contributed by atoms with Gasteiger partial charge in [-0.2, -0.15) is 0 Å². The second kappa shape index (κ2) is 6.86. The summed E-state index contributed by atoms with van der Waals surface area (Å²) in [5.74, 6) is 0.